The van der Waals surface area contributed by atoms with Crippen molar-refractivity contribution in [3.63, 3.8) is 0 Å². The Labute approximate surface area is 119 Å². The maximum atomic E-state index is 6.14. The number of fused-ring (bicyclic) bond motifs is 2. The molecule has 4 heteroatoms. The van der Waals surface area contributed by atoms with Crippen LogP contribution in [0.5, 0.6) is 0 Å². The second-order valence-electron chi connectivity index (χ2n) is 5.13. The lowest BCUT2D eigenvalue weighted by atomic mass is 9.80. The molecule has 1 aromatic carbocycles. The van der Waals surface area contributed by atoms with E-state index >= 15 is 0 Å². The van der Waals surface area contributed by atoms with Crippen LogP contribution in [-0.4, -0.2) is 16.9 Å². The quantitative estimate of drug-likeness (QED) is 0.551. The first-order valence-corrected chi connectivity index (χ1v) is 7.75. The van der Waals surface area contributed by atoms with Crippen LogP contribution < -0.4 is 11.1 Å². The minimum Gasteiger partial charge on any atom is -0.398 e. The third-order valence-electron chi connectivity index (χ3n) is 4.02. The van der Waals surface area contributed by atoms with E-state index < -0.39 is 0 Å². The maximum Gasteiger partial charge on any atom is 0.0564 e. The lowest BCUT2D eigenvalue weighted by molar-refractivity contribution is 0.328. The van der Waals surface area contributed by atoms with Crippen molar-refractivity contribution in [1.29, 1.82) is 0 Å². The van der Waals surface area contributed by atoms with Crippen LogP contribution in [0, 0.1) is 0 Å². The molecule has 92 valence electrons. The predicted octanol–water partition coefficient (Wildman–Crippen LogP) is 3.15. The van der Waals surface area contributed by atoms with Crippen molar-refractivity contribution in [3.8, 4) is 0 Å². The molecule has 2 aliphatic heterocycles. The van der Waals surface area contributed by atoms with Gasteiger partial charge >= 0.3 is 0 Å². The molecule has 0 amide bonds. The van der Waals surface area contributed by atoms with Crippen molar-refractivity contribution >= 4 is 37.5 Å². The van der Waals surface area contributed by atoms with Gasteiger partial charge in [0.25, 0.3) is 0 Å². The van der Waals surface area contributed by atoms with Crippen LogP contribution in [0.2, 0.25) is 0 Å². The Morgan fingerprint density at radius 1 is 1.41 bits per heavy atom. The topological polar surface area (TPSA) is 38.0 Å². The normalized spacial score (nSPS) is 36.1. The summed E-state index contributed by atoms with van der Waals surface area (Å²) in [5.74, 6) is 0. The number of nitrogens with two attached hydrogens (primary N) is 1. The molecule has 0 saturated carbocycles. The van der Waals surface area contributed by atoms with Crippen molar-refractivity contribution in [2.75, 3.05) is 12.3 Å². The monoisotopic (exact) mass is 358 g/mol. The zero-order valence-corrected chi connectivity index (χ0v) is 12.7. The second kappa shape index (κ2) is 4.25. The molecular weight excluding hydrogens is 344 g/mol. The van der Waals surface area contributed by atoms with Crippen molar-refractivity contribution in [3.05, 3.63) is 29.3 Å². The number of anilines is 1. The molecule has 1 fully saturated rings. The number of rotatable bonds is 0. The molecular formula is C13H16Br2N2. The number of nitrogen functional groups attached to an aromatic ring is 1. The molecule has 3 unspecified atom stereocenters. The molecule has 1 aliphatic carbocycles. The van der Waals surface area contributed by atoms with Crippen molar-refractivity contribution < 1.29 is 0 Å². The Bertz CT molecular complexity index is 439. The molecule has 2 heterocycles. The number of alkyl halides is 2. The summed E-state index contributed by atoms with van der Waals surface area (Å²) in [5.41, 5.74) is 9.73. The summed E-state index contributed by atoms with van der Waals surface area (Å²) >= 11 is 7.80. The van der Waals surface area contributed by atoms with Crippen LogP contribution in [0.3, 0.4) is 0 Å². The van der Waals surface area contributed by atoms with E-state index in [0.29, 0.717) is 10.9 Å². The first-order valence-electron chi connectivity index (χ1n) is 6.04. The van der Waals surface area contributed by atoms with Crippen LogP contribution in [-0.2, 0) is 6.42 Å². The van der Waals surface area contributed by atoms with E-state index in [9.17, 15) is 0 Å². The Morgan fingerprint density at radius 2 is 2.24 bits per heavy atom. The smallest absolute Gasteiger partial charge is 0.0564 e. The lowest BCUT2D eigenvalue weighted by Gasteiger charge is -2.43. The highest BCUT2D eigenvalue weighted by Gasteiger charge is 2.42. The van der Waals surface area contributed by atoms with E-state index in [2.05, 4.69) is 49.3 Å². The van der Waals surface area contributed by atoms with Crippen molar-refractivity contribution in [1.82, 2.24) is 5.32 Å². The number of hydrogen-bond acceptors (Lipinski definition) is 2. The van der Waals surface area contributed by atoms with Gasteiger partial charge in [-0.15, -0.1) is 0 Å². The van der Waals surface area contributed by atoms with E-state index in [1.54, 1.807) is 0 Å². The molecule has 3 N–H and O–H groups in total. The standard InChI is InChI=1S/C13H16Br2N2/c14-12-9-2-1-3-11(16)10(9)6-8-4-5-13(12,15)7-17-8/h1-3,8,12,17H,4-7,16H2. The third kappa shape index (κ3) is 1.94. The van der Waals surface area contributed by atoms with Crippen molar-refractivity contribution in [2.45, 2.75) is 34.5 Å². The summed E-state index contributed by atoms with van der Waals surface area (Å²) in [5, 5.41) is 3.63. The summed E-state index contributed by atoms with van der Waals surface area (Å²) < 4.78 is 0.118. The van der Waals surface area contributed by atoms with Crippen LogP contribution in [0.1, 0.15) is 28.8 Å². The minimum atomic E-state index is 0.118. The summed E-state index contributed by atoms with van der Waals surface area (Å²) in [6, 6.07) is 6.84. The molecule has 3 aliphatic rings. The summed E-state index contributed by atoms with van der Waals surface area (Å²) in [6.07, 6.45) is 3.46. The van der Waals surface area contributed by atoms with Crippen LogP contribution >= 0.6 is 31.9 Å². The number of piperidine rings is 1. The first kappa shape index (κ1) is 12.0. The van der Waals surface area contributed by atoms with Gasteiger partial charge < -0.3 is 11.1 Å². The molecule has 0 aromatic heterocycles. The van der Waals surface area contributed by atoms with Gasteiger partial charge in [0.1, 0.15) is 0 Å². The Kier molecular flexibility index (Phi) is 3.00. The van der Waals surface area contributed by atoms with Gasteiger partial charge in [0.05, 0.1) is 9.15 Å². The van der Waals surface area contributed by atoms with E-state index in [-0.39, 0.29) is 4.32 Å². The van der Waals surface area contributed by atoms with Gasteiger partial charge in [-0.25, -0.2) is 0 Å². The van der Waals surface area contributed by atoms with Gasteiger partial charge in [0, 0.05) is 18.3 Å². The second-order valence-corrected chi connectivity index (χ2v) is 7.63. The van der Waals surface area contributed by atoms with Gasteiger partial charge in [-0.05, 0) is 36.5 Å². The predicted molar refractivity (Wildman–Crippen MR) is 78.9 cm³/mol. The number of hydrogen-bond donors (Lipinski definition) is 2. The highest BCUT2D eigenvalue weighted by atomic mass is 79.9. The van der Waals surface area contributed by atoms with Gasteiger partial charge in [0.15, 0.2) is 0 Å². The number of halogens is 2. The van der Waals surface area contributed by atoms with Gasteiger partial charge in [-0.1, -0.05) is 44.0 Å². The first-order chi connectivity index (χ1) is 8.10. The molecule has 4 rings (SSSR count). The average molecular weight is 360 g/mol. The summed E-state index contributed by atoms with van der Waals surface area (Å²) in [6.45, 7) is 1.02. The fourth-order valence-electron chi connectivity index (χ4n) is 2.93. The maximum absolute atomic E-state index is 6.14. The summed E-state index contributed by atoms with van der Waals surface area (Å²) in [7, 11) is 0. The van der Waals surface area contributed by atoms with Crippen LogP contribution in [0.25, 0.3) is 0 Å². The Hall–Kier alpha value is -0.0600. The van der Waals surface area contributed by atoms with Crippen LogP contribution in [0.4, 0.5) is 5.69 Å². The van der Waals surface area contributed by atoms with E-state index in [0.717, 1.165) is 18.7 Å². The van der Waals surface area contributed by atoms with E-state index in [1.165, 1.54) is 24.0 Å². The highest BCUT2D eigenvalue weighted by Crippen LogP contribution is 2.49. The fourth-order valence-corrected chi connectivity index (χ4v) is 4.39. The molecule has 2 bridgehead atoms. The molecule has 3 atom stereocenters. The molecule has 2 nitrogen and oxygen atoms in total. The van der Waals surface area contributed by atoms with Gasteiger partial charge in [-0.3, -0.25) is 0 Å². The van der Waals surface area contributed by atoms with Crippen molar-refractivity contribution in [2.24, 2.45) is 0 Å². The molecule has 1 saturated heterocycles. The van der Waals surface area contributed by atoms with E-state index in [4.69, 9.17) is 5.73 Å². The molecule has 17 heavy (non-hydrogen) atoms. The highest BCUT2D eigenvalue weighted by molar-refractivity contribution is 9.12. The lowest BCUT2D eigenvalue weighted by Crippen LogP contribution is -2.51. The number of nitrogens with one attached hydrogen (secondary N) is 1. The molecule has 0 radical (unpaired) electrons. The largest absolute Gasteiger partial charge is 0.398 e. The minimum absolute atomic E-state index is 0.118. The van der Waals surface area contributed by atoms with Gasteiger partial charge in [-0.2, -0.15) is 0 Å². The Morgan fingerprint density at radius 3 is 2.94 bits per heavy atom. The average Bonchev–Trinajstić information content (AvgIpc) is 2.32. The summed E-state index contributed by atoms with van der Waals surface area (Å²) in [4.78, 5) is 0.322. The van der Waals surface area contributed by atoms with Crippen LogP contribution in [0.15, 0.2) is 18.2 Å². The number of benzene rings is 1. The molecule has 1 aromatic rings. The van der Waals surface area contributed by atoms with E-state index in [1.807, 2.05) is 6.07 Å². The zero-order valence-electron chi connectivity index (χ0n) is 9.55. The third-order valence-corrected chi connectivity index (χ3v) is 7.14. The SMILES string of the molecule is Nc1cccc2c1CC1CCC(Br)(CN1)C2Br. The van der Waals surface area contributed by atoms with Gasteiger partial charge in [0.2, 0.25) is 0 Å². The Balaban J connectivity index is 2.14. The fraction of sp³-hybridized carbons (Fsp3) is 0.538. The zero-order chi connectivity index (χ0) is 12.0. The molecule has 0 spiro atoms.